The average molecular weight is 440 g/mol. The van der Waals surface area contributed by atoms with E-state index in [0.717, 1.165) is 11.3 Å². The van der Waals surface area contributed by atoms with Crippen LogP contribution < -0.4 is 4.80 Å². The number of hydrogen-bond donors (Lipinski definition) is 0. The Morgan fingerprint density at radius 3 is 2.64 bits per heavy atom. The summed E-state index contributed by atoms with van der Waals surface area (Å²) in [6.45, 7) is -0.264. The van der Waals surface area contributed by atoms with E-state index in [0.29, 0.717) is 10.2 Å². The minimum absolute atomic E-state index is 0.132. The van der Waals surface area contributed by atoms with E-state index in [1.165, 1.54) is 35.9 Å². The predicted molar refractivity (Wildman–Crippen MR) is 105 cm³/mol. The molecule has 0 aliphatic rings. The fourth-order valence-electron chi connectivity index (χ4n) is 2.49. The third kappa shape index (κ3) is 3.77. The van der Waals surface area contributed by atoms with Crippen LogP contribution in [-0.2, 0) is 16.1 Å². The molecule has 0 fully saturated rings. The van der Waals surface area contributed by atoms with Gasteiger partial charge in [-0.05, 0) is 18.2 Å². The summed E-state index contributed by atoms with van der Waals surface area (Å²) in [6.07, 6.45) is 0. The van der Waals surface area contributed by atoms with Crippen molar-refractivity contribution in [2.75, 3.05) is 7.11 Å². The smallest absolute Gasteiger partial charge is 0.325 e. The summed E-state index contributed by atoms with van der Waals surface area (Å²) in [5.41, 5.74) is -0.115. The van der Waals surface area contributed by atoms with Gasteiger partial charge in [0, 0.05) is 6.07 Å². The van der Waals surface area contributed by atoms with Crippen molar-refractivity contribution in [3.05, 3.63) is 66.9 Å². The molecular weight excluding hydrogens is 429 g/mol. The molecule has 0 saturated heterocycles. The number of carbonyl (C=O) groups is 2. The Morgan fingerprint density at radius 2 is 1.96 bits per heavy atom. The molecule has 0 atom stereocenters. The van der Waals surface area contributed by atoms with Crippen LogP contribution in [0.4, 0.5) is 5.69 Å². The summed E-state index contributed by atoms with van der Waals surface area (Å²) < 4.78 is 6.72. The highest BCUT2D eigenvalue weighted by Crippen LogP contribution is 2.32. The third-order valence-corrected chi connectivity index (χ3v) is 5.62. The normalized spacial score (nSPS) is 11.6. The number of amides is 1. The van der Waals surface area contributed by atoms with Gasteiger partial charge in [-0.2, -0.15) is 4.99 Å². The van der Waals surface area contributed by atoms with Crippen LogP contribution in [0.5, 0.6) is 0 Å². The van der Waals surface area contributed by atoms with Gasteiger partial charge in [0.05, 0.1) is 32.3 Å². The molecule has 0 aliphatic carbocycles. The van der Waals surface area contributed by atoms with Gasteiger partial charge in [0.1, 0.15) is 12.1 Å². The number of ether oxygens (including phenoxy) is 1. The van der Waals surface area contributed by atoms with Crippen molar-refractivity contribution in [1.82, 2.24) is 4.57 Å². The van der Waals surface area contributed by atoms with Gasteiger partial charge in [-0.1, -0.05) is 46.7 Å². The molecule has 0 radical (unpaired) electrons. The van der Waals surface area contributed by atoms with E-state index in [4.69, 9.17) is 27.9 Å². The molecule has 2 aromatic carbocycles. The Labute approximate surface area is 171 Å². The molecule has 8 nitrogen and oxygen atoms in total. The highest BCUT2D eigenvalue weighted by Gasteiger charge is 2.20. The number of benzene rings is 2. The van der Waals surface area contributed by atoms with Crippen LogP contribution in [0.3, 0.4) is 0 Å². The van der Waals surface area contributed by atoms with E-state index in [1.54, 1.807) is 12.1 Å². The van der Waals surface area contributed by atoms with Gasteiger partial charge in [0.2, 0.25) is 0 Å². The summed E-state index contributed by atoms with van der Waals surface area (Å²) in [5, 5.41) is 11.6. The summed E-state index contributed by atoms with van der Waals surface area (Å²) >= 11 is 13.4. The average Bonchev–Trinajstić information content (AvgIpc) is 3.02. The quantitative estimate of drug-likeness (QED) is 0.349. The Bertz CT molecular complexity index is 1190. The zero-order chi connectivity index (χ0) is 20.4. The molecule has 0 unspecified atom stereocenters. The number of carbonyl (C=O) groups excluding carboxylic acids is 2. The van der Waals surface area contributed by atoms with Gasteiger partial charge in [0.25, 0.3) is 11.6 Å². The topological polar surface area (TPSA) is 104 Å². The van der Waals surface area contributed by atoms with Crippen molar-refractivity contribution in [3.63, 3.8) is 0 Å². The van der Waals surface area contributed by atoms with Crippen molar-refractivity contribution < 1.29 is 19.2 Å². The number of aromatic nitrogens is 1. The molecule has 1 amide bonds. The van der Waals surface area contributed by atoms with Crippen molar-refractivity contribution in [2.45, 2.75) is 6.54 Å². The molecule has 1 aromatic heterocycles. The second-order valence-electron chi connectivity index (χ2n) is 5.45. The Hall–Kier alpha value is -2.75. The fourth-order valence-corrected chi connectivity index (χ4v) is 4.00. The minimum atomic E-state index is -0.820. The highest BCUT2D eigenvalue weighted by molar-refractivity contribution is 7.16. The predicted octanol–water partition coefficient (Wildman–Crippen LogP) is 3.83. The third-order valence-electron chi connectivity index (χ3n) is 3.78. The second kappa shape index (κ2) is 8.09. The van der Waals surface area contributed by atoms with Crippen LogP contribution in [0.25, 0.3) is 10.2 Å². The fraction of sp³-hybridized carbons (Fsp3) is 0.118. The van der Waals surface area contributed by atoms with Crippen LogP contribution in [0.1, 0.15) is 10.4 Å². The number of thiazole rings is 1. The first kappa shape index (κ1) is 20.0. The lowest BCUT2D eigenvalue weighted by atomic mass is 10.2. The van der Waals surface area contributed by atoms with Gasteiger partial charge in [-0.15, -0.1) is 0 Å². The van der Waals surface area contributed by atoms with Crippen molar-refractivity contribution in [3.8, 4) is 0 Å². The number of para-hydroxylation sites is 1. The molecule has 3 aromatic rings. The number of hydrogen-bond acceptors (Lipinski definition) is 6. The summed E-state index contributed by atoms with van der Waals surface area (Å²) in [6, 6.07) is 8.74. The maximum Gasteiger partial charge on any atom is 0.325 e. The van der Waals surface area contributed by atoms with Gasteiger partial charge < -0.3 is 9.30 Å². The second-order valence-corrected chi connectivity index (χ2v) is 7.24. The monoisotopic (exact) mass is 439 g/mol. The number of methoxy groups -OCH3 is 1. The zero-order valence-electron chi connectivity index (χ0n) is 14.2. The summed E-state index contributed by atoms with van der Waals surface area (Å²) in [5.74, 6) is -1.41. The van der Waals surface area contributed by atoms with Crippen molar-refractivity contribution in [2.24, 2.45) is 4.99 Å². The molecule has 144 valence electrons. The van der Waals surface area contributed by atoms with Crippen molar-refractivity contribution in [1.29, 1.82) is 0 Å². The van der Waals surface area contributed by atoms with Crippen LogP contribution in [-0.4, -0.2) is 28.5 Å². The first-order chi connectivity index (χ1) is 13.3. The van der Waals surface area contributed by atoms with E-state index < -0.39 is 16.8 Å². The number of nitro groups is 1. The largest absolute Gasteiger partial charge is 0.468 e. The van der Waals surface area contributed by atoms with E-state index in [-0.39, 0.29) is 32.6 Å². The Morgan fingerprint density at radius 1 is 1.25 bits per heavy atom. The standard InChI is InChI=1S/C17H11Cl2N3O5S/c1-27-13(23)8-21-15-12(7-6-10(18)14(15)19)28-17(21)20-16(24)9-4-2-3-5-11(9)22(25)26/h2-7H,8H2,1H3. The molecule has 28 heavy (non-hydrogen) atoms. The molecule has 0 saturated carbocycles. The lowest BCUT2D eigenvalue weighted by Crippen LogP contribution is -2.22. The molecule has 1 heterocycles. The molecule has 3 rings (SSSR count). The first-order valence-corrected chi connectivity index (χ1v) is 9.27. The van der Waals surface area contributed by atoms with Crippen LogP contribution in [0.2, 0.25) is 10.0 Å². The van der Waals surface area contributed by atoms with Gasteiger partial charge in [-0.3, -0.25) is 19.7 Å². The summed E-state index contributed by atoms with van der Waals surface area (Å²) in [4.78, 5) is 39.1. The zero-order valence-corrected chi connectivity index (χ0v) is 16.5. The van der Waals surface area contributed by atoms with Gasteiger partial charge >= 0.3 is 5.97 Å². The molecule has 0 aliphatic heterocycles. The molecule has 0 N–H and O–H groups in total. The number of nitrogens with zero attached hydrogens (tertiary/aromatic N) is 3. The molecular formula is C17H11Cl2N3O5S. The van der Waals surface area contributed by atoms with Crippen LogP contribution in [0, 0.1) is 10.1 Å². The number of halogens is 2. The minimum Gasteiger partial charge on any atom is -0.468 e. The van der Waals surface area contributed by atoms with E-state index in [9.17, 15) is 19.7 Å². The van der Waals surface area contributed by atoms with Crippen molar-refractivity contribution >= 4 is 62.3 Å². The molecule has 0 spiro atoms. The molecule has 11 heteroatoms. The van der Waals surface area contributed by atoms with Gasteiger partial charge in [0.15, 0.2) is 4.80 Å². The lowest BCUT2D eigenvalue weighted by Gasteiger charge is -2.06. The molecule has 0 bridgehead atoms. The SMILES string of the molecule is COC(=O)Cn1c(=NC(=O)c2ccccc2[N+](=O)[O-])sc2ccc(Cl)c(Cl)c21. The maximum absolute atomic E-state index is 12.6. The summed E-state index contributed by atoms with van der Waals surface area (Å²) in [7, 11) is 1.22. The Kier molecular flexibility index (Phi) is 5.78. The van der Waals surface area contributed by atoms with E-state index in [1.807, 2.05) is 0 Å². The van der Waals surface area contributed by atoms with Crippen LogP contribution >= 0.6 is 34.5 Å². The number of nitro benzene ring substituents is 1. The van der Waals surface area contributed by atoms with Crippen LogP contribution in [0.15, 0.2) is 41.4 Å². The highest BCUT2D eigenvalue weighted by atomic mass is 35.5. The maximum atomic E-state index is 12.6. The first-order valence-electron chi connectivity index (χ1n) is 7.70. The van der Waals surface area contributed by atoms with E-state index >= 15 is 0 Å². The lowest BCUT2D eigenvalue weighted by molar-refractivity contribution is -0.385. The Balaban J connectivity index is 2.24. The number of fused-ring (bicyclic) bond motifs is 1. The number of esters is 1. The van der Waals surface area contributed by atoms with Gasteiger partial charge in [-0.25, -0.2) is 0 Å². The number of rotatable bonds is 4. The van der Waals surface area contributed by atoms with E-state index in [2.05, 4.69) is 4.99 Å².